The summed E-state index contributed by atoms with van der Waals surface area (Å²) in [5, 5.41) is 20.2. The van der Waals surface area contributed by atoms with Crippen molar-refractivity contribution >= 4 is 16.9 Å². The van der Waals surface area contributed by atoms with Crippen LogP contribution in [0.15, 0.2) is 41.0 Å². The number of aliphatic hydroxyl groups excluding tert-OH is 1. The molecule has 2 heterocycles. The number of aromatic nitrogens is 1. The van der Waals surface area contributed by atoms with Gasteiger partial charge in [-0.1, -0.05) is 0 Å². The third-order valence-electron chi connectivity index (χ3n) is 6.07. The summed E-state index contributed by atoms with van der Waals surface area (Å²) in [6, 6.07) is 7.45. The molecule has 0 radical (unpaired) electrons. The number of ether oxygens (including phenoxy) is 1. The molecule has 1 aliphatic rings. The van der Waals surface area contributed by atoms with Crippen LogP contribution < -0.4 is 0 Å². The SMILES string of the molecule is CC(C)(O)C1CCC(OC(=O)c2ccc(-c3nc(CO)cc4occc34)c(F)c2)CC1. The number of nitrogens with zero attached hydrogens (tertiary/aromatic N) is 1. The molecule has 1 aromatic carbocycles. The lowest BCUT2D eigenvalue weighted by molar-refractivity contribution is -0.0283. The van der Waals surface area contributed by atoms with Gasteiger partial charge < -0.3 is 19.4 Å². The first-order chi connectivity index (χ1) is 14.8. The minimum Gasteiger partial charge on any atom is -0.464 e. The van der Waals surface area contributed by atoms with Crippen LogP contribution in [-0.2, 0) is 11.3 Å². The van der Waals surface area contributed by atoms with Gasteiger partial charge in [0.25, 0.3) is 0 Å². The van der Waals surface area contributed by atoms with Gasteiger partial charge in [-0.05, 0) is 69.7 Å². The standard InChI is InChI=1S/C24H26FNO5/c1-24(2,29)15-4-6-17(7-5-15)31-23(28)14-3-8-18(20(25)11-14)22-19-9-10-30-21(19)12-16(13-27)26-22/h3,8-12,15,17,27,29H,4-7,13H2,1-2H3. The summed E-state index contributed by atoms with van der Waals surface area (Å²) in [4.78, 5) is 16.9. The predicted octanol–water partition coefficient (Wildman–Crippen LogP) is 4.61. The molecule has 3 aromatic rings. The molecule has 0 bridgehead atoms. The molecule has 6 nitrogen and oxygen atoms in total. The Morgan fingerprint density at radius 3 is 2.61 bits per heavy atom. The summed E-state index contributed by atoms with van der Waals surface area (Å²) in [5.74, 6) is -0.992. The normalized spacial score (nSPS) is 19.5. The van der Waals surface area contributed by atoms with Crippen LogP contribution in [-0.4, -0.2) is 32.9 Å². The van der Waals surface area contributed by atoms with Crippen LogP contribution in [0.25, 0.3) is 22.2 Å². The summed E-state index contributed by atoms with van der Waals surface area (Å²) >= 11 is 0. The lowest BCUT2D eigenvalue weighted by Crippen LogP contribution is -2.36. The van der Waals surface area contributed by atoms with Crippen molar-refractivity contribution in [3.8, 4) is 11.3 Å². The Labute approximate surface area is 179 Å². The Hall–Kier alpha value is -2.77. The fraction of sp³-hybridized carbons (Fsp3) is 0.417. The lowest BCUT2D eigenvalue weighted by Gasteiger charge is -2.35. The summed E-state index contributed by atoms with van der Waals surface area (Å²) in [5.41, 5.74) is 0.810. The second-order valence-corrected chi connectivity index (χ2v) is 8.68. The number of furan rings is 1. The molecule has 2 aromatic heterocycles. The zero-order valence-corrected chi connectivity index (χ0v) is 17.6. The second kappa shape index (κ2) is 8.40. The number of hydrogen-bond acceptors (Lipinski definition) is 6. The number of carbonyl (C=O) groups excluding carboxylic acids is 1. The van der Waals surface area contributed by atoms with E-state index >= 15 is 0 Å². The Morgan fingerprint density at radius 2 is 1.97 bits per heavy atom. The van der Waals surface area contributed by atoms with E-state index in [9.17, 15) is 19.4 Å². The number of halogens is 1. The number of aliphatic hydroxyl groups is 2. The molecule has 0 spiro atoms. The molecule has 7 heteroatoms. The van der Waals surface area contributed by atoms with Gasteiger partial charge >= 0.3 is 5.97 Å². The Morgan fingerprint density at radius 1 is 1.23 bits per heavy atom. The topological polar surface area (TPSA) is 92.8 Å². The maximum atomic E-state index is 15.0. The van der Waals surface area contributed by atoms with E-state index < -0.39 is 17.4 Å². The van der Waals surface area contributed by atoms with Crippen molar-refractivity contribution in [1.29, 1.82) is 0 Å². The molecule has 2 N–H and O–H groups in total. The summed E-state index contributed by atoms with van der Waals surface area (Å²) in [6.45, 7) is 3.30. The number of fused-ring (bicyclic) bond motifs is 1. The van der Waals surface area contributed by atoms with E-state index in [-0.39, 0.29) is 29.8 Å². The number of benzene rings is 1. The van der Waals surface area contributed by atoms with E-state index in [0.29, 0.717) is 35.2 Å². The van der Waals surface area contributed by atoms with Crippen LogP contribution in [0.5, 0.6) is 0 Å². The Kier molecular flexibility index (Phi) is 5.81. The first-order valence-corrected chi connectivity index (χ1v) is 10.5. The number of hydrogen-bond donors (Lipinski definition) is 2. The molecule has 1 fully saturated rings. The third-order valence-corrected chi connectivity index (χ3v) is 6.07. The van der Waals surface area contributed by atoms with E-state index in [0.717, 1.165) is 18.9 Å². The van der Waals surface area contributed by atoms with Crippen LogP contribution in [0.2, 0.25) is 0 Å². The zero-order chi connectivity index (χ0) is 22.2. The predicted molar refractivity (Wildman–Crippen MR) is 113 cm³/mol. The maximum Gasteiger partial charge on any atom is 0.338 e. The highest BCUT2D eigenvalue weighted by atomic mass is 19.1. The molecule has 31 heavy (non-hydrogen) atoms. The van der Waals surface area contributed by atoms with Gasteiger partial charge in [0, 0.05) is 17.0 Å². The quantitative estimate of drug-likeness (QED) is 0.578. The fourth-order valence-corrected chi connectivity index (χ4v) is 4.24. The largest absolute Gasteiger partial charge is 0.464 e. The number of pyridine rings is 1. The number of esters is 1. The van der Waals surface area contributed by atoms with E-state index in [4.69, 9.17) is 9.15 Å². The first kappa shape index (κ1) is 21.5. The molecule has 0 saturated heterocycles. The van der Waals surface area contributed by atoms with E-state index in [1.54, 1.807) is 26.0 Å². The molecule has 0 aliphatic heterocycles. The van der Waals surface area contributed by atoms with Gasteiger partial charge in [-0.3, -0.25) is 0 Å². The Balaban J connectivity index is 1.51. The van der Waals surface area contributed by atoms with E-state index in [1.165, 1.54) is 18.4 Å². The van der Waals surface area contributed by atoms with Gasteiger partial charge in [0.05, 0.1) is 35.4 Å². The van der Waals surface area contributed by atoms with Crippen LogP contribution in [0.3, 0.4) is 0 Å². The Bertz CT molecular complexity index is 1090. The van der Waals surface area contributed by atoms with Gasteiger partial charge in [-0.15, -0.1) is 0 Å². The smallest absolute Gasteiger partial charge is 0.338 e. The van der Waals surface area contributed by atoms with Crippen molar-refractivity contribution in [3.05, 3.63) is 53.7 Å². The third kappa shape index (κ3) is 4.48. The van der Waals surface area contributed by atoms with Crippen molar-refractivity contribution in [2.24, 2.45) is 5.92 Å². The minimum atomic E-state index is -0.740. The van der Waals surface area contributed by atoms with Crippen LogP contribution in [0.1, 0.15) is 55.6 Å². The van der Waals surface area contributed by atoms with Gasteiger partial charge in [0.1, 0.15) is 17.5 Å². The summed E-state index contributed by atoms with van der Waals surface area (Å²) < 4.78 is 25.9. The molecule has 0 atom stereocenters. The number of rotatable bonds is 5. The molecule has 1 aliphatic carbocycles. The lowest BCUT2D eigenvalue weighted by atomic mass is 9.78. The monoisotopic (exact) mass is 427 g/mol. The zero-order valence-electron chi connectivity index (χ0n) is 17.6. The van der Waals surface area contributed by atoms with Crippen molar-refractivity contribution < 1.29 is 28.6 Å². The fourth-order valence-electron chi connectivity index (χ4n) is 4.24. The molecule has 0 amide bonds. The van der Waals surface area contributed by atoms with Crippen molar-refractivity contribution in [1.82, 2.24) is 4.98 Å². The summed E-state index contributed by atoms with van der Waals surface area (Å²) in [6.07, 6.45) is 4.16. The molecule has 0 unspecified atom stereocenters. The van der Waals surface area contributed by atoms with E-state index in [2.05, 4.69) is 4.98 Å². The highest BCUT2D eigenvalue weighted by Gasteiger charge is 2.32. The highest BCUT2D eigenvalue weighted by molar-refractivity contribution is 5.94. The van der Waals surface area contributed by atoms with Crippen molar-refractivity contribution in [2.75, 3.05) is 0 Å². The van der Waals surface area contributed by atoms with E-state index in [1.807, 2.05) is 0 Å². The first-order valence-electron chi connectivity index (χ1n) is 10.5. The van der Waals surface area contributed by atoms with Crippen LogP contribution >= 0.6 is 0 Å². The molecular formula is C24H26FNO5. The molecule has 164 valence electrons. The van der Waals surface area contributed by atoms with Crippen LogP contribution in [0.4, 0.5) is 4.39 Å². The molecule has 4 rings (SSSR count). The second-order valence-electron chi connectivity index (χ2n) is 8.68. The average molecular weight is 427 g/mol. The average Bonchev–Trinajstić information content (AvgIpc) is 3.21. The van der Waals surface area contributed by atoms with Gasteiger partial charge in [0.15, 0.2) is 0 Å². The molecular weight excluding hydrogens is 401 g/mol. The van der Waals surface area contributed by atoms with Crippen molar-refractivity contribution in [3.63, 3.8) is 0 Å². The maximum absolute atomic E-state index is 15.0. The van der Waals surface area contributed by atoms with Gasteiger partial charge in [0.2, 0.25) is 0 Å². The highest BCUT2D eigenvalue weighted by Crippen LogP contribution is 2.34. The summed E-state index contributed by atoms with van der Waals surface area (Å²) in [7, 11) is 0. The molecule has 1 saturated carbocycles. The van der Waals surface area contributed by atoms with Gasteiger partial charge in [-0.25, -0.2) is 14.2 Å². The van der Waals surface area contributed by atoms with Crippen molar-refractivity contribution in [2.45, 2.75) is 57.8 Å². The van der Waals surface area contributed by atoms with Crippen LogP contribution in [0, 0.1) is 11.7 Å². The minimum absolute atomic E-state index is 0.132. The van der Waals surface area contributed by atoms with Gasteiger partial charge in [-0.2, -0.15) is 0 Å². The number of carbonyl (C=O) groups is 1.